The van der Waals surface area contributed by atoms with Gasteiger partial charge in [-0.2, -0.15) is 0 Å². The smallest absolute Gasteiger partial charge is 0.343 e. The maximum Gasteiger partial charge on any atom is 0.343 e. The molecule has 0 atom stereocenters. The van der Waals surface area contributed by atoms with Crippen molar-refractivity contribution < 1.29 is 39.1 Å². The number of hydrogen-bond donors (Lipinski definition) is 3. The molecule has 4 rings (SSSR count). The summed E-state index contributed by atoms with van der Waals surface area (Å²) in [5.41, 5.74) is 3.52. The minimum absolute atomic E-state index is 0.0324. The second-order valence-electron chi connectivity index (χ2n) is 8.83. The van der Waals surface area contributed by atoms with Crippen LogP contribution < -0.4 is 9.47 Å². The van der Waals surface area contributed by atoms with E-state index < -0.39 is 11.2 Å². The molecule has 8 nitrogen and oxygen atoms in total. The van der Waals surface area contributed by atoms with Gasteiger partial charge in [0.15, 0.2) is 11.5 Å². The lowest BCUT2D eigenvalue weighted by molar-refractivity contribution is 0.0469. The van der Waals surface area contributed by atoms with E-state index >= 15 is 0 Å². The maximum atomic E-state index is 12.2. The minimum atomic E-state index is -0.690. The van der Waals surface area contributed by atoms with Crippen molar-refractivity contribution in [3.05, 3.63) is 126 Å². The Morgan fingerprint density at radius 1 is 0.556 bits per heavy atom. The van der Waals surface area contributed by atoms with Crippen molar-refractivity contribution in [1.82, 2.24) is 0 Å². The minimum Gasteiger partial charge on any atom is -0.494 e. The van der Waals surface area contributed by atoms with E-state index in [1.165, 1.54) is 32.4 Å². The fourth-order valence-corrected chi connectivity index (χ4v) is 4.72. The van der Waals surface area contributed by atoms with Crippen molar-refractivity contribution in [3.8, 4) is 11.5 Å². The first-order chi connectivity index (χ1) is 21.5. The molecule has 0 bridgehead atoms. The normalized spacial score (nSPS) is 10.1. The summed E-state index contributed by atoms with van der Waals surface area (Å²) in [6.07, 6.45) is 0. The van der Waals surface area contributed by atoms with Gasteiger partial charge < -0.3 is 29.5 Å². The molecule has 4 aromatic rings. The second-order valence-corrected chi connectivity index (χ2v) is 10.8. The van der Waals surface area contributed by atoms with E-state index in [9.17, 15) is 9.59 Å². The van der Waals surface area contributed by atoms with E-state index in [-0.39, 0.29) is 64.1 Å². The number of carbonyl (C=O) groups excluding carboxylic acids is 2. The Labute approximate surface area is 285 Å². The van der Waals surface area contributed by atoms with Gasteiger partial charge in [0.2, 0.25) is 0 Å². The number of ether oxygens (including phenoxy) is 3. The highest BCUT2D eigenvalue weighted by Crippen LogP contribution is 2.35. The molecule has 0 saturated heterocycles. The lowest BCUT2D eigenvalue weighted by Gasteiger charge is -2.12. The summed E-state index contributed by atoms with van der Waals surface area (Å²) in [6.45, 7) is 0.170. The standard InChI is InChI=1S/C16H14Cl2O4.C8H5Cl3O2.C8H10O2/c1-21-15-13(18)7-6-12(17)14(15)16(20)22-9-11-4-2-10(8-19)3-5-11;1-13-7-5(10)3-2-4(9)6(7)8(11)12;9-5-7-1-2-8(6-10)4-3-7/h2-7,19H,8-9H2,1H3;2-3H,1H3;1-4,9-10H,5-6H2. The van der Waals surface area contributed by atoms with E-state index in [1.54, 1.807) is 54.6 Å². The first kappa shape index (κ1) is 38.1. The Balaban J connectivity index is 0.000000259. The lowest BCUT2D eigenvalue weighted by atomic mass is 10.1. The van der Waals surface area contributed by atoms with Crippen LogP contribution in [0.5, 0.6) is 11.5 Å². The third kappa shape index (κ3) is 11.4. The van der Waals surface area contributed by atoms with Crippen LogP contribution in [0.25, 0.3) is 0 Å². The molecule has 240 valence electrons. The third-order valence-electron chi connectivity index (χ3n) is 5.89. The number of esters is 1. The fourth-order valence-electron chi connectivity index (χ4n) is 3.55. The molecule has 0 aliphatic rings. The van der Waals surface area contributed by atoms with Gasteiger partial charge in [-0.15, -0.1) is 0 Å². The molecular formula is C32H29Cl5O8. The summed E-state index contributed by atoms with van der Waals surface area (Å²) in [4.78, 5) is 23.1. The van der Waals surface area contributed by atoms with Crippen LogP contribution in [0.3, 0.4) is 0 Å². The zero-order valence-corrected chi connectivity index (χ0v) is 27.8. The van der Waals surface area contributed by atoms with Gasteiger partial charge >= 0.3 is 5.97 Å². The van der Waals surface area contributed by atoms with E-state index in [0.29, 0.717) is 5.02 Å². The molecule has 0 aromatic heterocycles. The number of benzene rings is 4. The first-order valence-electron chi connectivity index (χ1n) is 12.9. The molecule has 0 spiro atoms. The molecule has 45 heavy (non-hydrogen) atoms. The van der Waals surface area contributed by atoms with Crippen LogP contribution in [-0.4, -0.2) is 40.8 Å². The summed E-state index contributed by atoms with van der Waals surface area (Å²) < 4.78 is 15.3. The van der Waals surface area contributed by atoms with Crippen molar-refractivity contribution in [3.63, 3.8) is 0 Å². The Hall–Kier alpha value is -3.05. The highest BCUT2D eigenvalue weighted by atomic mass is 35.5. The highest BCUT2D eigenvalue weighted by molar-refractivity contribution is 6.69. The zero-order chi connectivity index (χ0) is 33.5. The van der Waals surface area contributed by atoms with Crippen molar-refractivity contribution in [2.75, 3.05) is 14.2 Å². The number of halogens is 5. The van der Waals surface area contributed by atoms with E-state index in [2.05, 4.69) is 0 Å². The molecular weight excluding hydrogens is 690 g/mol. The third-order valence-corrected chi connectivity index (χ3v) is 7.30. The zero-order valence-electron chi connectivity index (χ0n) is 24.0. The summed E-state index contributed by atoms with van der Waals surface area (Å²) in [5, 5.41) is 26.6. The van der Waals surface area contributed by atoms with Gasteiger partial charge in [0.1, 0.15) is 12.2 Å². The quantitative estimate of drug-likeness (QED) is 0.118. The fraction of sp³-hybridized carbons (Fsp3) is 0.188. The van der Waals surface area contributed by atoms with E-state index in [0.717, 1.165) is 22.3 Å². The molecule has 0 aliphatic heterocycles. The Kier molecular flexibility index (Phi) is 16.5. The van der Waals surface area contributed by atoms with Crippen LogP contribution in [0.15, 0.2) is 72.8 Å². The molecule has 0 amide bonds. The monoisotopic (exact) mass is 716 g/mol. The Morgan fingerprint density at radius 3 is 1.22 bits per heavy atom. The van der Waals surface area contributed by atoms with Crippen LogP contribution in [0, 0.1) is 0 Å². The van der Waals surface area contributed by atoms with E-state index in [4.69, 9.17) is 87.5 Å². The number of aliphatic hydroxyl groups is 3. The molecule has 3 N–H and O–H groups in total. The van der Waals surface area contributed by atoms with Crippen molar-refractivity contribution in [1.29, 1.82) is 0 Å². The van der Waals surface area contributed by atoms with Gasteiger partial charge in [-0.1, -0.05) is 94.9 Å². The van der Waals surface area contributed by atoms with Crippen LogP contribution in [0.2, 0.25) is 20.1 Å². The van der Waals surface area contributed by atoms with Crippen molar-refractivity contribution >= 4 is 69.2 Å². The maximum absolute atomic E-state index is 12.2. The lowest BCUT2D eigenvalue weighted by Crippen LogP contribution is -2.08. The highest BCUT2D eigenvalue weighted by Gasteiger charge is 2.21. The van der Waals surface area contributed by atoms with Crippen LogP contribution in [0.1, 0.15) is 43.0 Å². The van der Waals surface area contributed by atoms with Crippen LogP contribution >= 0.6 is 58.0 Å². The summed E-state index contributed by atoms with van der Waals surface area (Å²) in [7, 11) is 2.79. The molecule has 13 heteroatoms. The Morgan fingerprint density at radius 2 is 0.889 bits per heavy atom. The molecule has 0 heterocycles. The number of hydrogen-bond acceptors (Lipinski definition) is 8. The van der Waals surface area contributed by atoms with Gasteiger partial charge in [0.05, 0.1) is 59.7 Å². The second kappa shape index (κ2) is 19.5. The molecule has 0 aliphatic carbocycles. The Bertz CT molecular complexity index is 1540. The van der Waals surface area contributed by atoms with E-state index in [1.807, 2.05) is 0 Å². The molecule has 4 aromatic carbocycles. The number of rotatable bonds is 9. The average Bonchev–Trinajstić information content (AvgIpc) is 3.06. The predicted octanol–water partition coefficient (Wildman–Crippen LogP) is 7.90. The topological polar surface area (TPSA) is 123 Å². The van der Waals surface area contributed by atoms with Crippen LogP contribution in [-0.2, 0) is 31.2 Å². The van der Waals surface area contributed by atoms with Crippen molar-refractivity contribution in [2.24, 2.45) is 0 Å². The number of aliphatic hydroxyl groups excluding tert-OH is 3. The predicted molar refractivity (Wildman–Crippen MR) is 176 cm³/mol. The van der Waals surface area contributed by atoms with Gasteiger partial charge in [-0.05, 0) is 58.1 Å². The van der Waals surface area contributed by atoms with Gasteiger partial charge in [-0.3, -0.25) is 4.79 Å². The van der Waals surface area contributed by atoms with Gasteiger partial charge in [0.25, 0.3) is 5.24 Å². The molecule has 0 radical (unpaired) electrons. The van der Waals surface area contributed by atoms with Crippen molar-refractivity contribution in [2.45, 2.75) is 26.4 Å². The molecule has 0 unspecified atom stereocenters. The van der Waals surface area contributed by atoms with Crippen LogP contribution in [0.4, 0.5) is 0 Å². The number of carbonyl (C=O) groups is 2. The molecule has 0 fully saturated rings. The number of methoxy groups -OCH3 is 2. The van der Waals surface area contributed by atoms with Gasteiger partial charge in [0, 0.05) is 0 Å². The summed E-state index contributed by atoms with van der Waals surface area (Å²) >= 11 is 28.8. The largest absolute Gasteiger partial charge is 0.494 e. The SMILES string of the molecule is COc1c(Cl)ccc(Cl)c1C(=O)Cl.COc1c(Cl)ccc(Cl)c1C(=O)OCc1ccc(CO)cc1.OCc1ccc(CO)cc1. The summed E-state index contributed by atoms with van der Waals surface area (Å²) in [5.74, 6) is -0.223. The first-order valence-corrected chi connectivity index (χ1v) is 14.8. The summed E-state index contributed by atoms with van der Waals surface area (Å²) in [6, 6.07) is 20.3. The average molecular weight is 719 g/mol. The molecule has 0 saturated carbocycles. The van der Waals surface area contributed by atoms with Gasteiger partial charge in [-0.25, -0.2) is 4.79 Å².